The normalized spacial score (nSPS) is 15.5. The van der Waals surface area contributed by atoms with Crippen LogP contribution in [-0.4, -0.2) is 41.0 Å². The maximum Gasteiger partial charge on any atom is 0.321 e. The van der Waals surface area contributed by atoms with Crippen molar-refractivity contribution in [3.05, 3.63) is 78.0 Å². The number of anilines is 1. The Morgan fingerprint density at radius 3 is 2.70 bits per heavy atom. The third-order valence-corrected chi connectivity index (χ3v) is 8.54. The zero-order valence-corrected chi connectivity index (χ0v) is 21.2. The highest BCUT2D eigenvalue weighted by Gasteiger charge is 2.27. The average Bonchev–Trinajstić information content (AvgIpc) is 3.40. The van der Waals surface area contributed by atoms with Crippen LogP contribution in [0.2, 0.25) is 0 Å². The van der Waals surface area contributed by atoms with E-state index in [0.29, 0.717) is 30.2 Å². The van der Waals surface area contributed by atoms with Gasteiger partial charge in [0.2, 0.25) is 0 Å². The summed E-state index contributed by atoms with van der Waals surface area (Å²) in [5.41, 5.74) is 0.138. The van der Waals surface area contributed by atoms with Gasteiger partial charge in [-0.1, -0.05) is 6.07 Å². The maximum absolute atomic E-state index is 14.6. The smallest absolute Gasteiger partial charge is 0.321 e. The van der Waals surface area contributed by atoms with Crippen molar-refractivity contribution in [3.8, 4) is 5.69 Å². The summed E-state index contributed by atoms with van der Waals surface area (Å²) in [5.74, 6) is -0.675. The van der Waals surface area contributed by atoms with Crippen molar-refractivity contribution in [2.75, 3.05) is 25.0 Å². The Kier molecular flexibility index (Phi) is 7.30. The van der Waals surface area contributed by atoms with Crippen LogP contribution in [0.3, 0.4) is 0 Å². The molecule has 0 aliphatic carbocycles. The first kappa shape index (κ1) is 23.7. The number of hydrogen-bond donors (Lipinski definition) is 2. The Morgan fingerprint density at radius 2 is 2.00 bits per heavy atom. The van der Waals surface area contributed by atoms with Crippen LogP contribution in [0.1, 0.15) is 16.1 Å². The summed E-state index contributed by atoms with van der Waals surface area (Å²) in [5, 5.41) is 5.50. The molecule has 1 saturated heterocycles. The van der Waals surface area contributed by atoms with Gasteiger partial charge in [-0.05, 0) is 68.5 Å². The number of nitrogens with zero attached hydrogens (tertiary/aromatic N) is 2. The summed E-state index contributed by atoms with van der Waals surface area (Å²) in [7, 11) is 0. The highest BCUT2D eigenvalue weighted by atomic mass is 79.9. The van der Waals surface area contributed by atoms with Gasteiger partial charge in [-0.15, -0.1) is 11.3 Å². The van der Waals surface area contributed by atoms with E-state index in [4.69, 9.17) is 0 Å². The van der Waals surface area contributed by atoms with E-state index in [1.54, 1.807) is 35.4 Å². The second-order valence-corrected chi connectivity index (χ2v) is 10.8. The molecule has 3 aromatic rings. The van der Waals surface area contributed by atoms with Gasteiger partial charge in [-0.2, -0.15) is 0 Å². The first-order valence-corrected chi connectivity index (χ1v) is 12.5. The van der Waals surface area contributed by atoms with Crippen LogP contribution in [0.25, 0.3) is 5.69 Å². The molecule has 4 rings (SSSR count). The summed E-state index contributed by atoms with van der Waals surface area (Å²) >= 11 is 8.08. The van der Waals surface area contributed by atoms with Crippen molar-refractivity contribution in [2.45, 2.75) is 6.42 Å². The fraction of sp³-hybridized carbons (Fsp3) is 0.227. The van der Waals surface area contributed by atoms with Gasteiger partial charge >= 0.3 is 6.03 Å². The third-order valence-electron chi connectivity index (χ3n) is 5.29. The second kappa shape index (κ2) is 10.2. The number of rotatable bonds is 5. The monoisotopic (exact) mass is 596 g/mol. The molecule has 0 radical (unpaired) electrons. The van der Waals surface area contributed by atoms with E-state index in [-0.39, 0.29) is 23.1 Å². The van der Waals surface area contributed by atoms with Crippen molar-refractivity contribution in [1.29, 1.82) is 0 Å². The van der Waals surface area contributed by atoms with E-state index in [0.717, 1.165) is 14.7 Å². The van der Waals surface area contributed by atoms with Crippen molar-refractivity contribution in [3.63, 3.8) is 0 Å². The lowest BCUT2D eigenvalue weighted by molar-refractivity contribution is 0.0952. The number of carbonyl (C=O) groups excluding carboxylic acids is 2. The number of benzene rings is 1. The minimum absolute atomic E-state index is 0.0401. The number of likely N-dealkylation sites (tertiary alicyclic amines) is 1. The molecule has 0 unspecified atom stereocenters. The zero-order valence-electron chi connectivity index (χ0n) is 17.2. The van der Waals surface area contributed by atoms with Crippen LogP contribution in [-0.2, 0) is 0 Å². The molecule has 11 heteroatoms. The lowest BCUT2D eigenvalue weighted by atomic mass is 10.1. The van der Waals surface area contributed by atoms with Crippen molar-refractivity contribution >= 4 is 60.8 Å². The van der Waals surface area contributed by atoms with Gasteiger partial charge in [0.05, 0.1) is 20.0 Å². The van der Waals surface area contributed by atoms with E-state index in [9.17, 15) is 18.8 Å². The molecule has 0 spiro atoms. The number of urea groups is 1. The molecule has 0 bridgehead atoms. The maximum atomic E-state index is 14.6. The van der Waals surface area contributed by atoms with Crippen LogP contribution >= 0.6 is 43.2 Å². The predicted octanol–water partition coefficient (Wildman–Crippen LogP) is 4.85. The summed E-state index contributed by atoms with van der Waals surface area (Å²) in [6.07, 6.45) is 2.29. The number of pyridine rings is 1. The quantitative estimate of drug-likeness (QED) is 0.441. The Morgan fingerprint density at radius 1 is 1.18 bits per heavy atom. The van der Waals surface area contributed by atoms with E-state index in [1.807, 2.05) is 0 Å². The minimum Gasteiger partial charge on any atom is -0.351 e. The minimum atomic E-state index is -0.632. The largest absolute Gasteiger partial charge is 0.351 e. The molecule has 172 valence electrons. The fourth-order valence-corrected chi connectivity index (χ4v) is 5.51. The number of hydrogen-bond acceptors (Lipinski definition) is 4. The Labute approximate surface area is 209 Å². The van der Waals surface area contributed by atoms with Crippen LogP contribution in [0.5, 0.6) is 0 Å². The molecule has 1 atom stereocenters. The molecule has 7 nitrogen and oxygen atoms in total. The van der Waals surface area contributed by atoms with Crippen LogP contribution < -0.4 is 16.2 Å². The third kappa shape index (κ3) is 5.53. The molecule has 1 aliphatic heterocycles. The lowest BCUT2D eigenvalue weighted by Gasteiger charge is -2.18. The summed E-state index contributed by atoms with van der Waals surface area (Å²) in [4.78, 5) is 39.1. The molecule has 3 amide bonds. The molecular weight excluding hydrogens is 579 g/mol. The fourth-order valence-electron chi connectivity index (χ4n) is 3.56. The number of halogens is 3. The summed E-state index contributed by atoms with van der Waals surface area (Å²) in [6.45, 7) is 1.43. The van der Waals surface area contributed by atoms with E-state index >= 15 is 0 Å². The first-order chi connectivity index (χ1) is 15.8. The molecule has 1 aromatic carbocycles. The molecule has 0 saturated carbocycles. The van der Waals surface area contributed by atoms with Gasteiger partial charge in [-0.3, -0.25) is 14.2 Å². The highest BCUT2D eigenvalue weighted by Crippen LogP contribution is 2.32. The van der Waals surface area contributed by atoms with Crippen molar-refractivity contribution in [2.24, 2.45) is 5.92 Å². The number of amides is 3. The van der Waals surface area contributed by atoms with Crippen molar-refractivity contribution < 1.29 is 14.0 Å². The summed E-state index contributed by atoms with van der Waals surface area (Å²) in [6, 6.07) is 10.2. The zero-order chi connectivity index (χ0) is 23.5. The highest BCUT2D eigenvalue weighted by molar-refractivity contribution is 9.13. The number of nitrogens with one attached hydrogen (secondary N) is 2. The van der Waals surface area contributed by atoms with E-state index < -0.39 is 11.8 Å². The van der Waals surface area contributed by atoms with Crippen LogP contribution in [0.4, 0.5) is 14.9 Å². The molecule has 33 heavy (non-hydrogen) atoms. The van der Waals surface area contributed by atoms with Crippen molar-refractivity contribution in [1.82, 2.24) is 14.8 Å². The summed E-state index contributed by atoms with van der Waals surface area (Å²) < 4.78 is 17.6. The van der Waals surface area contributed by atoms with E-state index in [2.05, 4.69) is 42.5 Å². The Balaban J connectivity index is 1.32. The van der Waals surface area contributed by atoms with Gasteiger partial charge < -0.3 is 15.5 Å². The van der Waals surface area contributed by atoms with Gasteiger partial charge in [0.15, 0.2) is 0 Å². The lowest BCUT2D eigenvalue weighted by Crippen LogP contribution is -2.35. The molecule has 2 N–H and O–H groups in total. The topological polar surface area (TPSA) is 83.4 Å². The SMILES string of the molecule is O=C(NC[C@H]1CCN(C(=O)Nc2ccc(-n3ccccc3=O)cc2F)C1)c1cc(Br)c(Br)s1. The molecule has 1 fully saturated rings. The predicted molar refractivity (Wildman–Crippen MR) is 133 cm³/mol. The second-order valence-electron chi connectivity index (χ2n) is 7.55. The Bertz CT molecular complexity index is 1240. The molecule has 1 aliphatic rings. The van der Waals surface area contributed by atoms with Gasteiger partial charge in [-0.25, -0.2) is 9.18 Å². The standard InChI is InChI=1S/C22H19Br2FN4O3S/c23-15-10-18(33-20(15)24)21(31)26-11-13-6-8-28(12-13)22(32)27-17-5-4-14(9-16(17)25)29-7-2-1-3-19(29)30/h1-5,7,9-10,13H,6,8,11-12H2,(H,26,31)(H,27,32)/t13-/m1/s1. The molecule has 3 heterocycles. The van der Waals surface area contributed by atoms with Gasteiger partial charge in [0, 0.05) is 42.4 Å². The molecular formula is C22H19Br2FN4O3S. The van der Waals surface area contributed by atoms with E-state index in [1.165, 1.54) is 34.1 Å². The number of carbonyl (C=O) groups is 2. The first-order valence-electron chi connectivity index (χ1n) is 10.1. The van der Waals surface area contributed by atoms with Gasteiger partial charge in [0.1, 0.15) is 5.82 Å². The van der Waals surface area contributed by atoms with Crippen LogP contribution in [0.15, 0.2) is 61.7 Å². The van der Waals surface area contributed by atoms with Crippen LogP contribution in [0, 0.1) is 11.7 Å². The molecule has 2 aromatic heterocycles. The number of aromatic nitrogens is 1. The number of thiophene rings is 1. The Hall–Kier alpha value is -2.50. The average molecular weight is 598 g/mol. The van der Waals surface area contributed by atoms with Gasteiger partial charge in [0.25, 0.3) is 11.5 Å².